The highest BCUT2D eigenvalue weighted by atomic mass is 32.2. The first-order chi connectivity index (χ1) is 8.13. The molecule has 1 aromatic rings. The predicted molar refractivity (Wildman–Crippen MR) is 61.0 cm³/mol. The van der Waals surface area contributed by atoms with Gasteiger partial charge < -0.3 is 5.11 Å². The minimum absolute atomic E-state index is 0.165. The Labute approximate surface area is 103 Å². The van der Waals surface area contributed by atoms with Crippen molar-refractivity contribution in [2.24, 2.45) is 0 Å². The summed E-state index contributed by atoms with van der Waals surface area (Å²) in [5.41, 5.74) is -0.690. The van der Waals surface area contributed by atoms with Gasteiger partial charge in [0.15, 0.2) is 0 Å². The number of benzene rings is 1. The van der Waals surface area contributed by atoms with Crippen LogP contribution in [0.4, 0.5) is 13.2 Å². The zero-order valence-electron chi connectivity index (χ0n) is 9.61. The minimum Gasteiger partial charge on any atom is -0.396 e. The summed E-state index contributed by atoms with van der Waals surface area (Å²) in [6.45, 7) is -0.519. The van der Waals surface area contributed by atoms with E-state index in [1.807, 2.05) is 0 Å². The maximum Gasteiger partial charge on any atom is 0.416 e. The first-order valence-electron chi connectivity index (χ1n) is 5.09. The number of aliphatic hydroxyl groups is 1. The summed E-state index contributed by atoms with van der Waals surface area (Å²) in [5.74, 6) is -1.23. The molecule has 0 aliphatic heterocycles. The molecule has 1 atom stereocenters. The molecule has 0 amide bonds. The van der Waals surface area contributed by atoms with Crippen LogP contribution < -0.4 is 0 Å². The average molecular weight is 282 g/mol. The summed E-state index contributed by atoms with van der Waals surface area (Å²) in [7, 11) is -3.37. The Balaban J connectivity index is 3.08. The lowest BCUT2D eigenvalue weighted by atomic mass is 9.99. The molecule has 0 heterocycles. The van der Waals surface area contributed by atoms with Gasteiger partial charge in [0, 0.05) is 12.2 Å². The van der Waals surface area contributed by atoms with Crippen LogP contribution in [0.1, 0.15) is 17.0 Å². The van der Waals surface area contributed by atoms with E-state index >= 15 is 0 Å². The molecule has 102 valence electrons. The topological polar surface area (TPSA) is 54.4 Å². The van der Waals surface area contributed by atoms with Crippen molar-refractivity contribution in [1.82, 2.24) is 0 Å². The van der Waals surface area contributed by atoms with Crippen molar-refractivity contribution in [2.75, 3.05) is 18.6 Å². The van der Waals surface area contributed by atoms with Gasteiger partial charge in [-0.15, -0.1) is 0 Å². The van der Waals surface area contributed by atoms with Crippen molar-refractivity contribution in [1.29, 1.82) is 0 Å². The lowest BCUT2D eigenvalue weighted by Crippen LogP contribution is -2.17. The second-order valence-corrected chi connectivity index (χ2v) is 6.28. The standard InChI is InChI=1S/C11H13F3O3S/c1-18(16,17)7-9(6-15)8-3-2-4-10(5-8)11(12,13)14/h2-5,9,15H,6-7H2,1H3. The van der Waals surface area contributed by atoms with Gasteiger partial charge in [-0.3, -0.25) is 0 Å². The number of hydrogen-bond acceptors (Lipinski definition) is 3. The predicted octanol–water partition coefficient (Wildman–Crippen LogP) is 1.83. The van der Waals surface area contributed by atoms with Crippen molar-refractivity contribution in [2.45, 2.75) is 12.1 Å². The Morgan fingerprint density at radius 3 is 2.39 bits per heavy atom. The van der Waals surface area contributed by atoms with Crippen molar-refractivity contribution >= 4 is 9.84 Å². The molecule has 0 aliphatic carbocycles. The zero-order chi connectivity index (χ0) is 14.0. The van der Waals surface area contributed by atoms with Gasteiger partial charge in [-0.1, -0.05) is 18.2 Å². The normalized spacial score (nSPS) is 14.5. The Kier molecular flexibility index (Phi) is 4.39. The molecule has 0 bridgehead atoms. The number of hydrogen-bond donors (Lipinski definition) is 1. The van der Waals surface area contributed by atoms with Crippen LogP contribution in [0.15, 0.2) is 24.3 Å². The highest BCUT2D eigenvalue weighted by Gasteiger charge is 2.31. The Morgan fingerprint density at radius 2 is 1.94 bits per heavy atom. The molecule has 0 saturated carbocycles. The molecule has 0 saturated heterocycles. The molecule has 1 N–H and O–H groups in total. The lowest BCUT2D eigenvalue weighted by molar-refractivity contribution is -0.137. The maximum atomic E-state index is 12.5. The van der Waals surface area contributed by atoms with E-state index in [0.717, 1.165) is 18.4 Å². The number of sulfone groups is 1. The van der Waals surface area contributed by atoms with Crippen LogP contribution in [-0.2, 0) is 16.0 Å². The number of aliphatic hydroxyl groups excluding tert-OH is 1. The Hall–Kier alpha value is -1.08. The highest BCUT2D eigenvalue weighted by Crippen LogP contribution is 2.31. The molecular formula is C11H13F3O3S. The molecule has 1 unspecified atom stereocenters. The second kappa shape index (κ2) is 5.27. The number of halogens is 3. The summed E-state index contributed by atoms with van der Waals surface area (Å²) >= 11 is 0. The molecule has 0 fully saturated rings. The fourth-order valence-electron chi connectivity index (χ4n) is 1.59. The summed E-state index contributed by atoms with van der Waals surface area (Å²) < 4.78 is 59.7. The molecule has 3 nitrogen and oxygen atoms in total. The van der Waals surface area contributed by atoms with Crippen molar-refractivity contribution in [3.63, 3.8) is 0 Å². The third-order valence-corrected chi connectivity index (χ3v) is 3.42. The van der Waals surface area contributed by atoms with E-state index in [-0.39, 0.29) is 11.3 Å². The van der Waals surface area contributed by atoms with E-state index in [9.17, 15) is 21.6 Å². The summed E-state index contributed by atoms with van der Waals surface area (Å²) in [6.07, 6.45) is -3.51. The quantitative estimate of drug-likeness (QED) is 0.916. The Bertz CT molecular complexity index is 509. The maximum absolute atomic E-state index is 12.5. The third-order valence-electron chi connectivity index (χ3n) is 2.41. The molecule has 0 aliphatic rings. The van der Waals surface area contributed by atoms with Crippen molar-refractivity contribution < 1.29 is 26.7 Å². The van der Waals surface area contributed by atoms with E-state index in [4.69, 9.17) is 5.11 Å². The second-order valence-electron chi connectivity index (χ2n) is 4.10. The SMILES string of the molecule is CS(=O)(=O)CC(CO)c1cccc(C(F)(F)F)c1. The largest absolute Gasteiger partial charge is 0.416 e. The first kappa shape index (κ1) is 15.0. The third kappa shape index (κ3) is 4.30. The van der Waals surface area contributed by atoms with Gasteiger partial charge in [0.05, 0.1) is 17.9 Å². The van der Waals surface area contributed by atoms with Gasteiger partial charge in [0.1, 0.15) is 9.84 Å². The van der Waals surface area contributed by atoms with E-state index in [1.54, 1.807) is 0 Å². The van der Waals surface area contributed by atoms with E-state index in [1.165, 1.54) is 12.1 Å². The van der Waals surface area contributed by atoms with Crippen molar-refractivity contribution in [3.05, 3.63) is 35.4 Å². The number of alkyl halides is 3. The molecule has 1 aromatic carbocycles. The van der Waals surface area contributed by atoms with Crippen molar-refractivity contribution in [3.8, 4) is 0 Å². The minimum atomic E-state index is -4.49. The van der Waals surface area contributed by atoms with Crippen LogP contribution in [0.3, 0.4) is 0 Å². The molecular weight excluding hydrogens is 269 g/mol. The monoisotopic (exact) mass is 282 g/mol. The van der Waals surface area contributed by atoms with Crippen LogP contribution in [0.5, 0.6) is 0 Å². The molecule has 0 radical (unpaired) electrons. The van der Waals surface area contributed by atoms with Crippen LogP contribution in [0.2, 0.25) is 0 Å². The number of rotatable bonds is 4. The Morgan fingerprint density at radius 1 is 1.33 bits per heavy atom. The lowest BCUT2D eigenvalue weighted by Gasteiger charge is -2.15. The van der Waals surface area contributed by atoms with Crippen LogP contribution in [0.25, 0.3) is 0 Å². The molecule has 0 spiro atoms. The van der Waals surface area contributed by atoms with E-state index in [0.29, 0.717) is 0 Å². The van der Waals surface area contributed by atoms with E-state index in [2.05, 4.69) is 0 Å². The first-order valence-corrected chi connectivity index (χ1v) is 7.15. The zero-order valence-corrected chi connectivity index (χ0v) is 10.4. The molecule has 7 heteroatoms. The molecule has 0 aromatic heterocycles. The molecule has 18 heavy (non-hydrogen) atoms. The molecule has 1 rings (SSSR count). The highest BCUT2D eigenvalue weighted by molar-refractivity contribution is 7.90. The van der Waals surface area contributed by atoms with Gasteiger partial charge >= 0.3 is 6.18 Å². The van der Waals surface area contributed by atoms with Crippen LogP contribution in [-0.4, -0.2) is 32.1 Å². The van der Waals surface area contributed by atoms with Gasteiger partial charge in [0.25, 0.3) is 0 Å². The van der Waals surface area contributed by atoms with Crippen LogP contribution >= 0.6 is 0 Å². The van der Waals surface area contributed by atoms with Gasteiger partial charge in [-0.2, -0.15) is 13.2 Å². The summed E-state index contributed by atoms with van der Waals surface area (Å²) in [5, 5.41) is 9.09. The van der Waals surface area contributed by atoms with Gasteiger partial charge in [0.2, 0.25) is 0 Å². The smallest absolute Gasteiger partial charge is 0.396 e. The summed E-state index contributed by atoms with van der Waals surface area (Å²) in [4.78, 5) is 0. The fraction of sp³-hybridized carbons (Fsp3) is 0.455. The fourth-order valence-corrected chi connectivity index (χ4v) is 2.62. The van der Waals surface area contributed by atoms with Gasteiger partial charge in [-0.25, -0.2) is 8.42 Å². The van der Waals surface area contributed by atoms with E-state index < -0.39 is 34.1 Å². The summed E-state index contributed by atoms with van der Waals surface area (Å²) in [6, 6.07) is 4.34. The average Bonchev–Trinajstić information content (AvgIpc) is 2.23. The van der Waals surface area contributed by atoms with Gasteiger partial charge in [-0.05, 0) is 11.6 Å². The van der Waals surface area contributed by atoms with Crippen LogP contribution in [0, 0.1) is 0 Å².